The molecule has 3 aromatic rings. The molecule has 0 radical (unpaired) electrons. The molecule has 1 atom stereocenters. The minimum Gasteiger partial charge on any atom is -0.315 e. The van der Waals surface area contributed by atoms with Crippen molar-refractivity contribution < 1.29 is 9.29 Å². The van der Waals surface area contributed by atoms with E-state index in [1.165, 1.54) is 22.6 Å². The molecule has 0 aliphatic rings. The number of halogens is 1. The largest absolute Gasteiger partial charge is 0.315 e. The molecule has 0 bridgehead atoms. The summed E-state index contributed by atoms with van der Waals surface area (Å²) < 4.78 is 17.8. The molecule has 0 saturated carbocycles. The zero-order valence-electron chi connectivity index (χ0n) is 15.2. The molecule has 0 spiro atoms. The third kappa shape index (κ3) is 4.45. The third-order valence-electron chi connectivity index (χ3n) is 4.36. The van der Waals surface area contributed by atoms with E-state index in [-0.39, 0.29) is 5.82 Å². The van der Waals surface area contributed by atoms with Crippen molar-refractivity contribution in [2.45, 2.75) is 33.1 Å². The molecular weight excluding hydrogens is 347 g/mol. The van der Waals surface area contributed by atoms with Gasteiger partial charge in [0, 0.05) is 18.5 Å². The highest BCUT2D eigenvalue weighted by Crippen LogP contribution is 2.09. The zero-order chi connectivity index (χ0) is 18.5. The predicted octanol–water partition coefficient (Wildman–Crippen LogP) is 2.84. The van der Waals surface area contributed by atoms with Gasteiger partial charge in [-0.3, -0.25) is 0 Å². The minimum absolute atomic E-state index is 0.208. The maximum Gasteiger partial charge on any atom is 0.202 e. The van der Waals surface area contributed by atoms with E-state index in [1.807, 2.05) is 35.0 Å². The van der Waals surface area contributed by atoms with Crippen LogP contribution < -0.4 is 4.90 Å². The van der Waals surface area contributed by atoms with Crippen LogP contribution in [0.25, 0.3) is 0 Å². The number of nitrogens with zero attached hydrogens (tertiary/aromatic N) is 3. The molecule has 2 aromatic carbocycles. The second-order valence-electron chi connectivity index (χ2n) is 6.52. The van der Waals surface area contributed by atoms with Gasteiger partial charge in [0.25, 0.3) is 0 Å². The van der Waals surface area contributed by atoms with Crippen molar-refractivity contribution in [1.29, 1.82) is 0 Å². The molecule has 1 aromatic heterocycles. The predicted molar refractivity (Wildman–Crippen MR) is 103 cm³/mol. The highest BCUT2D eigenvalue weighted by molar-refractivity contribution is 7.71. The fraction of sp³-hybridized carbons (Fsp3) is 0.300. The quantitative estimate of drug-likeness (QED) is 0.647. The minimum atomic E-state index is -0.208. The van der Waals surface area contributed by atoms with E-state index < -0.39 is 0 Å². The molecule has 0 aliphatic heterocycles. The lowest BCUT2D eigenvalue weighted by Gasteiger charge is -2.13. The van der Waals surface area contributed by atoms with E-state index in [1.54, 1.807) is 0 Å². The second kappa shape index (κ2) is 8.38. The zero-order valence-corrected chi connectivity index (χ0v) is 16.0. The van der Waals surface area contributed by atoms with Crippen LogP contribution in [0.5, 0.6) is 0 Å². The summed E-state index contributed by atoms with van der Waals surface area (Å²) in [5.74, 6) is 0.777. The summed E-state index contributed by atoms with van der Waals surface area (Å²) >= 11 is 5.63. The number of quaternary nitrogens is 1. The van der Waals surface area contributed by atoms with Gasteiger partial charge in [-0.15, -0.1) is 0 Å². The molecule has 6 heteroatoms. The first kappa shape index (κ1) is 18.5. The smallest absolute Gasteiger partial charge is 0.202 e. The third-order valence-corrected chi connectivity index (χ3v) is 4.79. The molecule has 26 heavy (non-hydrogen) atoms. The summed E-state index contributed by atoms with van der Waals surface area (Å²) in [6.07, 6.45) is 0.766. The summed E-state index contributed by atoms with van der Waals surface area (Å²) in [6.45, 7) is 4.35. The Bertz CT molecular complexity index is 900. The lowest BCUT2D eigenvalue weighted by molar-refractivity contribution is -0.917. The maximum absolute atomic E-state index is 13.1. The van der Waals surface area contributed by atoms with Crippen molar-refractivity contribution in [3.8, 4) is 0 Å². The van der Waals surface area contributed by atoms with Crippen molar-refractivity contribution in [3.63, 3.8) is 0 Å². The average Bonchev–Trinajstić information content (AvgIpc) is 2.92. The highest BCUT2D eigenvalue weighted by Gasteiger charge is 2.13. The molecule has 1 N–H and O–H groups in total. The van der Waals surface area contributed by atoms with Crippen LogP contribution in [0.3, 0.4) is 0 Å². The Labute approximate surface area is 158 Å². The first-order chi connectivity index (χ1) is 12.6. The van der Waals surface area contributed by atoms with E-state index >= 15 is 0 Å². The first-order valence-corrected chi connectivity index (χ1v) is 9.24. The van der Waals surface area contributed by atoms with Crippen LogP contribution in [0.1, 0.15) is 23.9 Å². The maximum atomic E-state index is 13.1. The highest BCUT2D eigenvalue weighted by atomic mass is 32.1. The van der Waals surface area contributed by atoms with Crippen molar-refractivity contribution in [2.24, 2.45) is 0 Å². The molecule has 0 saturated heterocycles. The van der Waals surface area contributed by atoms with Gasteiger partial charge in [0.2, 0.25) is 4.77 Å². The Morgan fingerprint density at radius 1 is 1.04 bits per heavy atom. The Morgan fingerprint density at radius 3 is 2.38 bits per heavy atom. The topological polar surface area (TPSA) is 27.2 Å². The van der Waals surface area contributed by atoms with Crippen LogP contribution in [0, 0.1) is 10.6 Å². The van der Waals surface area contributed by atoms with Gasteiger partial charge in [-0.25, -0.2) is 4.39 Å². The van der Waals surface area contributed by atoms with Gasteiger partial charge in [-0.1, -0.05) is 42.5 Å². The average molecular weight is 372 g/mol. The standard InChI is InChI=1S/C20H23FN4S/c1-3-24-19(13-16-7-5-4-6-8-16)22-25(20(24)26)15-23(2)14-17-9-11-18(21)12-10-17/h4-12H,3,13-15H2,1-2H3/p+1. The van der Waals surface area contributed by atoms with Gasteiger partial charge in [-0.2, -0.15) is 9.78 Å². The molecule has 4 nitrogen and oxygen atoms in total. The molecule has 1 unspecified atom stereocenters. The first-order valence-electron chi connectivity index (χ1n) is 8.83. The molecule has 136 valence electrons. The van der Waals surface area contributed by atoms with E-state index in [0.717, 1.165) is 35.7 Å². The van der Waals surface area contributed by atoms with Crippen LogP contribution in [0.2, 0.25) is 0 Å². The Kier molecular flexibility index (Phi) is 5.96. The Balaban J connectivity index is 1.75. The number of hydrogen-bond acceptors (Lipinski definition) is 2. The fourth-order valence-corrected chi connectivity index (χ4v) is 3.42. The van der Waals surface area contributed by atoms with Gasteiger partial charge in [0.15, 0.2) is 6.67 Å². The second-order valence-corrected chi connectivity index (χ2v) is 6.89. The molecule has 1 heterocycles. The van der Waals surface area contributed by atoms with Crippen LogP contribution in [0.15, 0.2) is 54.6 Å². The molecule has 0 fully saturated rings. The van der Waals surface area contributed by atoms with Gasteiger partial charge in [0.05, 0.1) is 7.05 Å². The van der Waals surface area contributed by atoms with Crippen LogP contribution in [-0.4, -0.2) is 21.4 Å². The SMILES string of the molecule is CCn1c(Cc2ccccc2)nn(C[NH+](C)Cc2ccc(F)cc2)c1=S. The van der Waals surface area contributed by atoms with E-state index in [4.69, 9.17) is 17.3 Å². The lowest BCUT2D eigenvalue weighted by Crippen LogP contribution is -3.07. The summed E-state index contributed by atoms with van der Waals surface area (Å²) in [5.41, 5.74) is 2.32. The van der Waals surface area contributed by atoms with Crippen molar-refractivity contribution in [1.82, 2.24) is 14.3 Å². The van der Waals surface area contributed by atoms with Gasteiger partial charge < -0.3 is 9.47 Å². The van der Waals surface area contributed by atoms with Crippen molar-refractivity contribution >= 4 is 12.2 Å². The summed E-state index contributed by atoms with van der Waals surface area (Å²) in [6, 6.07) is 16.9. The Morgan fingerprint density at radius 2 is 1.73 bits per heavy atom. The number of hydrogen-bond donors (Lipinski definition) is 1. The summed E-state index contributed by atoms with van der Waals surface area (Å²) in [4.78, 5) is 1.24. The van der Waals surface area contributed by atoms with Gasteiger partial charge >= 0.3 is 0 Å². The van der Waals surface area contributed by atoms with Crippen molar-refractivity contribution in [2.75, 3.05) is 7.05 Å². The number of benzene rings is 2. The summed E-state index contributed by atoms with van der Waals surface area (Å²) in [5, 5.41) is 4.77. The van der Waals surface area contributed by atoms with E-state index in [2.05, 4.69) is 30.7 Å². The van der Waals surface area contributed by atoms with Crippen molar-refractivity contribution in [3.05, 3.63) is 82.1 Å². The van der Waals surface area contributed by atoms with Gasteiger partial charge in [-0.05, 0) is 36.8 Å². The van der Waals surface area contributed by atoms with Crippen LogP contribution in [0.4, 0.5) is 4.39 Å². The Hall–Kier alpha value is -2.31. The normalized spacial score (nSPS) is 12.3. The number of aromatic nitrogens is 3. The monoisotopic (exact) mass is 371 g/mol. The molecular formula is C20H24FN4S+. The molecule has 3 rings (SSSR count). The number of rotatable bonds is 7. The molecule has 0 aliphatic carbocycles. The number of nitrogens with one attached hydrogen (secondary N) is 1. The molecule has 0 amide bonds. The van der Waals surface area contributed by atoms with E-state index in [0.29, 0.717) is 6.67 Å². The van der Waals surface area contributed by atoms with Gasteiger partial charge in [0.1, 0.15) is 18.2 Å². The summed E-state index contributed by atoms with van der Waals surface area (Å²) in [7, 11) is 2.09. The van der Waals surface area contributed by atoms with Crippen LogP contribution >= 0.6 is 12.2 Å². The van der Waals surface area contributed by atoms with Crippen LogP contribution in [-0.2, 0) is 26.2 Å². The van der Waals surface area contributed by atoms with E-state index in [9.17, 15) is 4.39 Å². The fourth-order valence-electron chi connectivity index (χ4n) is 3.08. The lowest BCUT2D eigenvalue weighted by atomic mass is 10.1.